The maximum atomic E-state index is 11.7. The molecule has 17 heteroatoms. The lowest BCUT2D eigenvalue weighted by atomic mass is 10.2. The first-order chi connectivity index (χ1) is 26.5. The minimum Gasteiger partial charge on any atom is -0.460 e. The third-order valence-electron chi connectivity index (χ3n) is 6.54. The van der Waals surface area contributed by atoms with Crippen LogP contribution < -0.4 is 5.32 Å². The van der Waals surface area contributed by atoms with Gasteiger partial charge in [-0.1, -0.05) is 0 Å². The molecule has 0 fully saturated rings. The zero-order valence-electron chi connectivity index (χ0n) is 36.0. The molecule has 0 aromatic rings. The zero-order chi connectivity index (χ0) is 42.0. The van der Waals surface area contributed by atoms with Gasteiger partial charge in [-0.3, -0.25) is 14.5 Å². The van der Waals surface area contributed by atoms with Gasteiger partial charge in [0.25, 0.3) is 0 Å². The molecule has 0 rings (SSSR count). The average Bonchev–Trinajstić information content (AvgIpc) is 3.07. The summed E-state index contributed by atoms with van der Waals surface area (Å²) in [5, 5.41) is 2.64. The van der Waals surface area contributed by atoms with E-state index >= 15 is 0 Å². The Bertz CT molecular complexity index is 918. The minimum absolute atomic E-state index is 0.207. The molecule has 0 saturated carbocycles. The summed E-state index contributed by atoms with van der Waals surface area (Å²) in [7, 11) is 0. The smallest absolute Gasteiger partial charge is 0.407 e. The first kappa shape index (κ1) is 53.8. The molecule has 0 heterocycles. The molecular weight excluding hydrogens is 736 g/mol. The van der Waals surface area contributed by atoms with Crippen LogP contribution in [0.1, 0.15) is 75.2 Å². The quantitative estimate of drug-likeness (QED) is 0.0553. The van der Waals surface area contributed by atoms with Crippen molar-refractivity contribution < 1.29 is 71.2 Å². The van der Waals surface area contributed by atoms with Crippen LogP contribution in [-0.2, 0) is 66.4 Å². The molecular formula is C39H76N2O15. The molecule has 56 heavy (non-hydrogen) atoms. The maximum absolute atomic E-state index is 11.7. The maximum Gasteiger partial charge on any atom is 0.407 e. The highest BCUT2D eigenvalue weighted by Crippen LogP contribution is 2.09. The molecule has 0 aromatic heterocycles. The van der Waals surface area contributed by atoms with Crippen molar-refractivity contribution in [1.82, 2.24) is 10.2 Å². The van der Waals surface area contributed by atoms with Crippen molar-refractivity contribution in [3.05, 3.63) is 0 Å². The van der Waals surface area contributed by atoms with Crippen LogP contribution >= 0.6 is 0 Å². The monoisotopic (exact) mass is 813 g/mol. The van der Waals surface area contributed by atoms with Crippen molar-refractivity contribution in [3.63, 3.8) is 0 Å². The number of carbonyl (C=O) groups is 3. The highest BCUT2D eigenvalue weighted by atomic mass is 16.6. The van der Waals surface area contributed by atoms with Crippen molar-refractivity contribution in [2.75, 3.05) is 145 Å². The number of esters is 2. The Kier molecular flexibility index (Phi) is 32.4. The molecule has 0 bridgehead atoms. The fourth-order valence-electron chi connectivity index (χ4n) is 4.18. The van der Waals surface area contributed by atoms with E-state index in [0.717, 1.165) is 0 Å². The van der Waals surface area contributed by atoms with Gasteiger partial charge in [-0.25, -0.2) is 4.79 Å². The first-order valence-electron chi connectivity index (χ1n) is 19.8. The molecule has 0 spiro atoms. The topological polar surface area (TPSA) is 177 Å². The van der Waals surface area contributed by atoms with Crippen molar-refractivity contribution >= 4 is 18.0 Å². The summed E-state index contributed by atoms with van der Waals surface area (Å²) in [5.74, 6) is -0.564. The summed E-state index contributed by atoms with van der Waals surface area (Å²) in [6, 6.07) is 0. The number of ether oxygens (including phenoxy) is 12. The first-order valence-corrected chi connectivity index (χ1v) is 19.8. The SMILES string of the molecule is CC(C)(C)OC(=O)CCOCCOCCOCCN(CCOCCOCCOCCNC(=O)OC(C)(C)C)CCOCCOCCOCCC(=O)OC(C)(C)C. The molecule has 0 aliphatic rings. The third kappa shape index (κ3) is 42.9. The molecule has 17 nitrogen and oxygen atoms in total. The number of hydrogen-bond acceptors (Lipinski definition) is 16. The van der Waals surface area contributed by atoms with E-state index in [9.17, 15) is 14.4 Å². The van der Waals surface area contributed by atoms with Gasteiger partial charge in [-0.05, 0) is 62.3 Å². The van der Waals surface area contributed by atoms with E-state index in [4.69, 9.17) is 56.8 Å². The number of alkyl carbamates (subject to hydrolysis) is 1. The number of amides is 1. The van der Waals surface area contributed by atoms with Gasteiger partial charge in [0.2, 0.25) is 0 Å². The standard InChI is InChI=1S/C39H76N2O15/c1-37(2,3)54-34(42)10-16-45-22-28-51-31-25-48-19-13-41(14-20-49-26-32-52-29-23-46-17-11-35(43)55-38(4,5)6)15-21-50-27-33-53-30-24-47-18-12-40-36(44)56-39(7,8)9/h10-33H2,1-9H3,(H,40,44). The Labute approximate surface area is 336 Å². The number of nitrogens with zero attached hydrogens (tertiary/aromatic N) is 1. The van der Waals surface area contributed by atoms with Crippen LogP contribution in [0.15, 0.2) is 0 Å². The Balaban J connectivity index is 4.15. The predicted octanol–water partition coefficient (Wildman–Crippen LogP) is 3.43. The van der Waals surface area contributed by atoms with Gasteiger partial charge in [0.1, 0.15) is 16.8 Å². The molecule has 0 aliphatic carbocycles. The van der Waals surface area contributed by atoms with Gasteiger partial charge < -0.3 is 62.2 Å². The van der Waals surface area contributed by atoms with Crippen LogP contribution in [0.4, 0.5) is 4.79 Å². The van der Waals surface area contributed by atoms with Gasteiger partial charge >= 0.3 is 18.0 Å². The fraction of sp³-hybridized carbons (Fsp3) is 0.923. The zero-order valence-corrected chi connectivity index (χ0v) is 36.0. The molecule has 332 valence electrons. The second-order valence-corrected chi connectivity index (χ2v) is 15.5. The van der Waals surface area contributed by atoms with Gasteiger partial charge in [0.05, 0.1) is 132 Å². The van der Waals surface area contributed by atoms with E-state index in [2.05, 4.69) is 10.2 Å². The minimum atomic E-state index is -0.536. The Morgan fingerprint density at radius 3 is 0.946 bits per heavy atom. The van der Waals surface area contributed by atoms with Crippen LogP contribution in [0.3, 0.4) is 0 Å². The van der Waals surface area contributed by atoms with E-state index in [-0.39, 0.29) is 24.8 Å². The lowest BCUT2D eigenvalue weighted by Crippen LogP contribution is -2.34. The van der Waals surface area contributed by atoms with E-state index in [1.165, 1.54) is 0 Å². The summed E-state index contributed by atoms with van der Waals surface area (Å²) in [6.45, 7) is 26.4. The van der Waals surface area contributed by atoms with Crippen LogP contribution in [0.5, 0.6) is 0 Å². The van der Waals surface area contributed by atoms with Crippen molar-refractivity contribution in [2.45, 2.75) is 92.0 Å². The van der Waals surface area contributed by atoms with Crippen molar-refractivity contribution in [2.24, 2.45) is 0 Å². The number of hydrogen-bond donors (Lipinski definition) is 1. The summed E-state index contributed by atoms with van der Waals surface area (Å²) < 4.78 is 66.1. The molecule has 0 saturated heterocycles. The van der Waals surface area contributed by atoms with Crippen molar-refractivity contribution in [3.8, 4) is 0 Å². The fourth-order valence-corrected chi connectivity index (χ4v) is 4.18. The van der Waals surface area contributed by atoms with E-state index in [1.807, 2.05) is 62.3 Å². The lowest BCUT2D eigenvalue weighted by Gasteiger charge is -2.22. The van der Waals surface area contributed by atoms with Crippen LogP contribution in [0, 0.1) is 0 Å². The van der Waals surface area contributed by atoms with Gasteiger partial charge in [0.15, 0.2) is 0 Å². The van der Waals surface area contributed by atoms with E-state index in [1.54, 1.807) is 0 Å². The number of nitrogens with one attached hydrogen (secondary N) is 1. The Morgan fingerprint density at radius 2 is 0.643 bits per heavy atom. The van der Waals surface area contributed by atoms with E-state index < -0.39 is 22.9 Å². The van der Waals surface area contributed by atoms with Crippen molar-refractivity contribution in [1.29, 1.82) is 0 Å². The van der Waals surface area contributed by atoms with E-state index in [0.29, 0.717) is 145 Å². The molecule has 0 atom stereocenters. The molecule has 0 aromatic carbocycles. The number of carbonyl (C=O) groups excluding carboxylic acids is 3. The molecule has 1 N–H and O–H groups in total. The van der Waals surface area contributed by atoms with Crippen LogP contribution in [0.25, 0.3) is 0 Å². The van der Waals surface area contributed by atoms with Crippen LogP contribution in [-0.4, -0.2) is 185 Å². The largest absolute Gasteiger partial charge is 0.460 e. The third-order valence-corrected chi connectivity index (χ3v) is 6.54. The van der Waals surface area contributed by atoms with Gasteiger partial charge in [-0.15, -0.1) is 0 Å². The summed E-state index contributed by atoms with van der Waals surface area (Å²) in [5.41, 5.74) is -1.54. The summed E-state index contributed by atoms with van der Waals surface area (Å²) in [6.07, 6.45) is -0.0543. The summed E-state index contributed by atoms with van der Waals surface area (Å²) >= 11 is 0. The molecule has 1 amide bonds. The molecule has 0 radical (unpaired) electrons. The normalized spacial score (nSPS) is 12.2. The second-order valence-electron chi connectivity index (χ2n) is 15.5. The van der Waals surface area contributed by atoms with Gasteiger partial charge in [0, 0.05) is 26.2 Å². The lowest BCUT2D eigenvalue weighted by molar-refractivity contribution is -0.157. The second kappa shape index (κ2) is 33.7. The highest BCUT2D eigenvalue weighted by Gasteiger charge is 2.17. The van der Waals surface area contributed by atoms with Crippen LogP contribution in [0.2, 0.25) is 0 Å². The highest BCUT2D eigenvalue weighted by molar-refractivity contribution is 5.70. The average molecular weight is 813 g/mol. The molecule has 0 aliphatic heterocycles. The Morgan fingerprint density at radius 1 is 0.375 bits per heavy atom. The Hall–Kier alpha value is -2.19. The predicted molar refractivity (Wildman–Crippen MR) is 209 cm³/mol. The summed E-state index contributed by atoms with van der Waals surface area (Å²) in [4.78, 5) is 37.3. The van der Waals surface area contributed by atoms with Gasteiger partial charge in [-0.2, -0.15) is 0 Å². The number of rotatable bonds is 36. The molecule has 0 unspecified atom stereocenters.